The monoisotopic (exact) mass is 1030 g/mol. The Kier molecular flexibility index (Phi) is 15.7. The molecule has 4 aromatic carbocycles. The Morgan fingerprint density at radius 3 is 0.724 bits per heavy atom. The Labute approximate surface area is 225 Å². The topological polar surface area (TPSA) is 0 Å². The standard InChI is InChI=1S/2C12H11Te.Hg.2HI/c2*1-3-7-11(8-4-1)13-12-9-5-2-6-10-12;;;/h2*1-10,13H;;2*1H/q;;+2;;/p-2. The Hall–Kier alpha value is 0.854. The molecule has 0 amide bonds. The molecule has 0 N–H and O–H groups in total. The molecule has 0 atom stereocenters. The van der Waals surface area contributed by atoms with E-state index < -0.39 is 0 Å². The van der Waals surface area contributed by atoms with Gasteiger partial charge in [0, 0.05) is 0 Å². The molecule has 0 heterocycles. The van der Waals surface area contributed by atoms with Crippen molar-refractivity contribution in [2.45, 2.75) is 0 Å². The number of hydrogen-bond donors (Lipinski definition) is 0. The van der Waals surface area contributed by atoms with E-state index in [0.29, 0.717) is 0 Å². The molecule has 2 radical (unpaired) electrons. The van der Waals surface area contributed by atoms with Crippen molar-refractivity contribution in [2.75, 3.05) is 0 Å². The summed E-state index contributed by atoms with van der Waals surface area (Å²) in [7, 11) is 0. The summed E-state index contributed by atoms with van der Waals surface area (Å²) in [6, 6.07) is 43.1. The average Bonchev–Trinajstić information content (AvgIpc) is 2.78. The van der Waals surface area contributed by atoms with Crippen molar-refractivity contribution >= 4 is 91.6 Å². The quantitative estimate of drug-likeness (QED) is 0.215. The van der Waals surface area contributed by atoms with Gasteiger partial charge in [0.1, 0.15) is 0 Å². The summed E-state index contributed by atoms with van der Waals surface area (Å²) in [6.45, 7) is 0. The number of rotatable bonds is 4. The number of halogens is 2. The summed E-state index contributed by atoms with van der Waals surface area (Å²) in [4.78, 5) is 0. The van der Waals surface area contributed by atoms with E-state index in [1.54, 1.807) is 0 Å². The summed E-state index contributed by atoms with van der Waals surface area (Å²) in [5.41, 5.74) is 0. The molecule has 0 saturated carbocycles. The Balaban J connectivity index is 0.000000183. The first-order chi connectivity index (χ1) is 14.3. The van der Waals surface area contributed by atoms with Gasteiger partial charge in [-0.3, -0.25) is 0 Å². The van der Waals surface area contributed by atoms with Gasteiger partial charge in [0.2, 0.25) is 0 Å². The van der Waals surface area contributed by atoms with Crippen molar-refractivity contribution in [3.05, 3.63) is 121 Å². The Morgan fingerprint density at radius 2 is 0.552 bits per heavy atom. The van der Waals surface area contributed by atoms with Gasteiger partial charge in [0.05, 0.1) is 0 Å². The van der Waals surface area contributed by atoms with Crippen LogP contribution in [0.2, 0.25) is 0 Å². The average molecular weight is 1020 g/mol. The zero-order valence-electron chi connectivity index (χ0n) is 15.9. The molecule has 0 fully saturated rings. The van der Waals surface area contributed by atoms with E-state index in [-0.39, 0.29) is 57.8 Å². The van der Waals surface area contributed by atoms with Crippen LogP contribution in [0.15, 0.2) is 121 Å². The molecule has 0 saturated heterocycles. The summed E-state index contributed by atoms with van der Waals surface area (Å²) in [5, 5.41) is 0. The van der Waals surface area contributed by atoms with E-state index in [2.05, 4.69) is 157 Å². The number of benzene rings is 4. The fourth-order valence-electron chi connectivity index (χ4n) is 2.31. The van der Waals surface area contributed by atoms with Crippen molar-refractivity contribution in [3.8, 4) is 0 Å². The normalized spacial score (nSPS) is 9.17. The molecule has 0 nitrogen and oxygen atoms in total. The number of hydrogen-bond acceptors (Lipinski definition) is 0. The molecule has 4 rings (SSSR count). The van der Waals surface area contributed by atoms with E-state index in [4.69, 9.17) is 0 Å². The van der Waals surface area contributed by atoms with Gasteiger partial charge in [-0.05, 0) is 0 Å². The minimum atomic E-state index is -0.335. The maximum atomic E-state index is 2.50. The van der Waals surface area contributed by atoms with E-state index in [0.717, 1.165) is 0 Å². The van der Waals surface area contributed by atoms with E-state index in [1.807, 2.05) is 0 Å². The predicted molar refractivity (Wildman–Crippen MR) is 147 cm³/mol. The zero-order chi connectivity index (χ0) is 20.6. The van der Waals surface area contributed by atoms with Crippen molar-refractivity contribution in [3.63, 3.8) is 0 Å². The molecule has 29 heavy (non-hydrogen) atoms. The first-order valence-electron chi connectivity index (χ1n) is 9.07. The third kappa shape index (κ3) is 12.5. The van der Waals surface area contributed by atoms with Gasteiger partial charge in [-0.15, -0.1) is 0 Å². The van der Waals surface area contributed by atoms with Crippen molar-refractivity contribution in [2.24, 2.45) is 0 Å². The SMILES string of the molecule is [I][Hg][I].c1ccc([TeH]c2ccccc2)cc1.c1ccc([TeH]c2ccccc2)cc1. The van der Waals surface area contributed by atoms with Gasteiger partial charge < -0.3 is 0 Å². The van der Waals surface area contributed by atoms with Crippen molar-refractivity contribution in [1.29, 1.82) is 0 Å². The fraction of sp³-hybridized carbons (Fsp3) is 0. The first-order valence-corrected chi connectivity index (χ1v) is 45.1. The van der Waals surface area contributed by atoms with E-state index in [1.165, 1.54) is 14.4 Å². The molecule has 4 aromatic rings. The molecular formula is C24H22HgI2Te2. The predicted octanol–water partition coefficient (Wildman–Crippen LogP) is 3.92. The molecule has 146 valence electrons. The second-order valence-corrected chi connectivity index (χ2v) is 52.6. The van der Waals surface area contributed by atoms with Gasteiger partial charge in [0.15, 0.2) is 0 Å². The molecule has 0 bridgehead atoms. The van der Waals surface area contributed by atoms with Crippen LogP contribution in [0.4, 0.5) is 0 Å². The first kappa shape index (κ1) is 26.1. The van der Waals surface area contributed by atoms with Gasteiger partial charge in [-0.1, -0.05) is 0 Å². The van der Waals surface area contributed by atoms with Crippen LogP contribution in [0, 0.1) is 0 Å². The molecule has 5 heteroatoms. The summed E-state index contributed by atoms with van der Waals surface area (Å²) >= 11 is 4.18. The molecular weight excluding hydrogens is 998 g/mol. The molecule has 0 unspecified atom stereocenters. The van der Waals surface area contributed by atoms with Gasteiger partial charge in [-0.2, -0.15) is 0 Å². The van der Waals surface area contributed by atoms with Gasteiger partial charge in [0.25, 0.3) is 0 Å². The van der Waals surface area contributed by atoms with Crippen molar-refractivity contribution < 1.29 is 15.9 Å². The van der Waals surface area contributed by atoms with Gasteiger partial charge >= 0.3 is 229 Å². The van der Waals surface area contributed by atoms with Crippen LogP contribution in [0.5, 0.6) is 0 Å². The molecule has 0 aliphatic carbocycles. The second-order valence-electron chi connectivity index (χ2n) is 5.67. The minimum absolute atomic E-state index is 0.143. The maximum absolute atomic E-state index is 2.50. The van der Waals surface area contributed by atoms with E-state index in [9.17, 15) is 0 Å². The van der Waals surface area contributed by atoms with Crippen LogP contribution in [0.3, 0.4) is 0 Å². The molecule has 0 aromatic heterocycles. The van der Waals surface area contributed by atoms with Crippen LogP contribution in [0.1, 0.15) is 0 Å². The fourth-order valence-corrected chi connectivity index (χ4v) is 7.68. The Morgan fingerprint density at radius 1 is 0.379 bits per heavy atom. The van der Waals surface area contributed by atoms with Crippen LogP contribution >= 0.6 is 35.3 Å². The van der Waals surface area contributed by atoms with Crippen molar-refractivity contribution in [1.82, 2.24) is 0 Å². The van der Waals surface area contributed by atoms with Crippen LogP contribution in [0.25, 0.3) is 0 Å². The molecule has 0 aliphatic heterocycles. The summed E-state index contributed by atoms with van der Waals surface area (Å²) in [6.07, 6.45) is 0. The second kappa shape index (κ2) is 17.4. The van der Waals surface area contributed by atoms with Crippen LogP contribution in [-0.4, -0.2) is 41.8 Å². The zero-order valence-corrected chi connectivity index (χ0v) is 30.8. The third-order valence-electron chi connectivity index (χ3n) is 3.54. The molecule has 0 aliphatic rings. The Bertz CT molecular complexity index is 741. The van der Waals surface area contributed by atoms with Gasteiger partial charge in [-0.25, -0.2) is 0 Å². The molecule has 0 spiro atoms. The van der Waals surface area contributed by atoms with E-state index >= 15 is 0 Å². The van der Waals surface area contributed by atoms with Crippen LogP contribution in [-0.2, 0) is 15.9 Å². The third-order valence-corrected chi connectivity index (χ3v) is 9.89. The van der Waals surface area contributed by atoms with Crippen LogP contribution < -0.4 is 14.4 Å². The summed E-state index contributed by atoms with van der Waals surface area (Å²) < 4.78 is 6.08. The summed E-state index contributed by atoms with van der Waals surface area (Å²) in [5.74, 6) is 0.